The van der Waals surface area contributed by atoms with E-state index < -0.39 is 0 Å². The fourth-order valence-electron chi connectivity index (χ4n) is 2.18. The third kappa shape index (κ3) is 1.88. The number of nitrogens with zero attached hydrogens (tertiary/aromatic N) is 3. The minimum atomic E-state index is 0.202. The van der Waals surface area contributed by atoms with Gasteiger partial charge in [-0.25, -0.2) is 0 Å². The van der Waals surface area contributed by atoms with Gasteiger partial charge in [-0.05, 0) is 30.0 Å². The van der Waals surface area contributed by atoms with Crippen LogP contribution in [0.25, 0.3) is 0 Å². The second-order valence-electron chi connectivity index (χ2n) is 4.28. The van der Waals surface area contributed by atoms with Gasteiger partial charge in [0.2, 0.25) is 0 Å². The van der Waals surface area contributed by atoms with E-state index in [2.05, 4.69) is 45.7 Å². The van der Waals surface area contributed by atoms with Crippen molar-refractivity contribution in [2.75, 3.05) is 6.61 Å². The second kappa shape index (κ2) is 4.16. The van der Waals surface area contributed by atoms with Crippen LogP contribution in [0.2, 0.25) is 0 Å². The SMILES string of the molecule is CCc1ccc2c(c1)CC(c1nn[nH]n1)CO2. The van der Waals surface area contributed by atoms with Crippen LogP contribution in [0, 0.1) is 0 Å². The van der Waals surface area contributed by atoms with Gasteiger partial charge in [0, 0.05) is 0 Å². The molecular weight excluding hydrogens is 216 g/mol. The molecule has 5 heteroatoms. The minimum Gasteiger partial charge on any atom is -0.493 e. The van der Waals surface area contributed by atoms with Gasteiger partial charge in [0.25, 0.3) is 0 Å². The third-order valence-electron chi connectivity index (χ3n) is 3.17. The molecule has 1 aliphatic rings. The molecule has 0 aliphatic carbocycles. The van der Waals surface area contributed by atoms with Crippen LogP contribution < -0.4 is 4.74 Å². The highest BCUT2D eigenvalue weighted by Crippen LogP contribution is 2.31. The average molecular weight is 230 g/mol. The Morgan fingerprint density at radius 2 is 2.41 bits per heavy atom. The van der Waals surface area contributed by atoms with E-state index in [0.717, 1.165) is 24.4 Å². The predicted molar refractivity (Wildman–Crippen MR) is 61.9 cm³/mol. The molecule has 0 fully saturated rings. The zero-order chi connectivity index (χ0) is 11.7. The lowest BCUT2D eigenvalue weighted by Crippen LogP contribution is -2.20. The van der Waals surface area contributed by atoms with Gasteiger partial charge in [0.05, 0.1) is 12.5 Å². The van der Waals surface area contributed by atoms with E-state index in [1.165, 1.54) is 11.1 Å². The molecule has 17 heavy (non-hydrogen) atoms. The third-order valence-corrected chi connectivity index (χ3v) is 3.17. The standard InChI is InChI=1S/C12H14N4O/c1-2-8-3-4-11-9(5-8)6-10(7-17-11)12-13-15-16-14-12/h3-5,10H,2,6-7H2,1H3,(H,13,14,15,16). The number of aromatic nitrogens is 4. The minimum absolute atomic E-state index is 0.202. The van der Waals surface area contributed by atoms with Crippen molar-refractivity contribution in [3.63, 3.8) is 0 Å². The van der Waals surface area contributed by atoms with E-state index in [1.54, 1.807) is 0 Å². The Hall–Kier alpha value is -1.91. The Labute approximate surface area is 99.2 Å². The lowest BCUT2D eigenvalue weighted by atomic mass is 9.94. The van der Waals surface area contributed by atoms with Crippen molar-refractivity contribution in [3.8, 4) is 5.75 Å². The van der Waals surface area contributed by atoms with Gasteiger partial charge in [0.1, 0.15) is 5.75 Å². The maximum Gasteiger partial charge on any atom is 0.181 e. The fourth-order valence-corrected chi connectivity index (χ4v) is 2.18. The van der Waals surface area contributed by atoms with Gasteiger partial charge in [-0.1, -0.05) is 24.3 Å². The Morgan fingerprint density at radius 3 is 3.18 bits per heavy atom. The molecule has 0 amide bonds. The first-order valence-electron chi connectivity index (χ1n) is 5.84. The Balaban J connectivity index is 1.89. The highest BCUT2D eigenvalue weighted by Gasteiger charge is 2.24. The Morgan fingerprint density at radius 1 is 1.47 bits per heavy atom. The van der Waals surface area contributed by atoms with Crippen molar-refractivity contribution < 1.29 is 4.74 Å². The molecule has 0 bridgehead atoms. The summed E-state index contributed by atoms with van der Waals surface area (Å²) < 4.78 is 5.74. The number of benzene rings is 1. The van der Waals surface area contributed by atoms with Crippen molar-refractivity contribution in [1.29, 1.82) is 0 Å². The molecule has 2 heterocycles. The number of hydrogen-bond donors (Lipinski definition) is 1. The van der Waals surface area contributed by atoms with E-state index in [1.807, 2.05) is 0 Å². The van der Waals surface area contributed by atoms with Gasteiger partial charge >= 0.3 is 0 Å². The first kappa shape index (κ1) is 10.3. The summed E-state index contributed by atoms with van der Waals surface area (Å²) >= 11 is 0. The monoisotopic (exact) mass is 230 g/mol. The first-order valence-corrected chi connectivity index (χ1v) is 5.84. The molecule has 2 aromatic rings. The summed E-state index contributed by atoms with van der Waals surface area (Å²) in [6, 6.07) is 6.38. The summed E-state index contributed by atoms with van der Waals surface area (Å²) in [6.07, 6.45) is 1.96. The molecule has 0 radical (unpaired) electrons. The van der Waals surface area contributed by atoms with E-state index >= 15 is 0 Å². The lowest BCUT2D eigenvalue weighted by molar-refractivity contribution is 0.257. The van der Waals surface area contributed by atoms with Gasteiger partial charge in [-0.15, -0.1) is 10.2 Å². The zero-order valence-corrected chi connectivity index (χ0v) is 9.68. The number of aromatic amines is 1. The number of aryl methyl sites for hydroxylation is 1. The van der Waals surface area contributed by atoms with E-state index in [4.69, 9.17) is 4.74 Å². The van der Waals surface area contributed by atoms with Crippen molar-refractivity contribution in [2.24, 2.45) is 0 Å². The summed E-state index contributed by atoms with van der Waals surface area (Å²) in [4.78, 5) is 0. The van der Waals surface area contributed by atoms with Crippen LogP contribution in [0.5, 0.6) is 5.75 Å². The molecule has 5 nitrogen and oxygen atoms in total. The molecule has 1 aliphatic heterocycles. The van der Waals surface area contributed by atoms with E-state index in [-0.39, 0.29) is 5.92 Å². The number of tetrazole rings is 1. The molecule has 0 spiro atoms. The summed E-state index contributed by atoms with van der Waals surface area (Å²) in [5, 5.41) is 14.1. The quantitative estimate of drug-likeness (QED) is 0.848. The summed E-state index contributed by atoms with van der Waals surface area (Å²) in [7, 11) is 0. The topological polar surface area (TPSA) is 63.7 Å². The molecule has 1 aromatic carbocycles. The molecule has 0 saturated heterocycles. The maximum absolute atomic E-state index is 5.74. The normalized spacial score (nSPS) is 18.5. The molecule has 1 aromatic heterocycles. The largest absolute Gasteiger partial charge is 0.493 e. The van der Waals surface area contributed by atoms with Gasteiger partial charge < -0.3 is 4.74 Å². The number of fused-ring (bicyclic) bond motifs is 1. The number of rotatable bonds is 2. The summed E-state index contributed by atoms with van der Waals surface area (Å²) in [5.41, 5.74) is 2.58. The molecule has 88 valence electrons. The van der Waals surface area contributed by atoms with Crippen molar-refractivity contribution >= 4 is 0 Å². The predicted octanol–water partition coefficient (Wildman–Crippen LogP) is 1.48. The van der Waals surface area contributed by atoms with E-state index in [9.17, 15) is 0 Å². The smallest absolute Gasteiger partial charge is 0.181 e. The van der Waals surface area contributed by atoms with Crippen LogP contribution in [-0.4, -0.2) is 27.2 Å². The van der Waals surface area contributed by atoms with Crippen LogP contribution in [0.3, 0.4) is 0 Å². The van der Waals surface area contributed by atoms with Gasteiger partial charge in [-0.3, -0.25) is 0 Å². The average Bonchev–Trinajstić information content (AvgIpc) is 2.91. The van der Waals surface area contributed by atoms with Crippen molar-refractivity contribution in [2.45, 2.75) is 25.7 Å². The molecule has 0 saturated carbocycles. The van der Waals surface area contributed by atoms with Crippen molar-refractivity contribution in [3.05, 3.63) is 35.2 Å². The van der Waals surface area contributed by atoms with Crippen LogP contribution in [0.15, 0.2) is 18.2 Å². The highest BCUT2D eigenvalue weighted by molar-refractivity contribution is 5.39. The molecular formula is C12H14N4O. The first-order chi connectivity index (χ1) is 8.36. The van der Waals surface area contributed by atoms with Gasteiger partial charge in [-0.2, -0.15) is 5.21 Å². The number of nitrogens with one attached hydrogen (secondary N) is 1. The van der Waals surface area contributed by atoms with Crippen LogP contribution in [0.4, 0.5) is 0 Å². The number of H-pyrrole nitrogens is 1. The van der Waals surface area contributed by atoms with Crippen LogP contribution >= 0.6 is 0 Å². The zero-order valence-electron chi connectivity index (χ0n) is 9.68. The summed E-state index contributed by atoms with van der Waals surface area (Å²) in [6.45, 7) is 2.78. The van der Waals surface area contributed by atoms with Crippen molar-refractivity contribution in [1.82, 2.24) is 20.6 Å². The number of ether oxygens (including phenoxy) is 1. The molecule has 1 N–H and O–H groups in total. The maximum atomic E-state index is 5.74. The van der Waals surface area contributed by atoms with E-state index in [0.29, 0.717) is 6.61 Å². The second-order valence-corrected chi connectivity index (χ2v) is 4.28. The summed E-state index contributed by atoms with van der Waals surface area (Å²) in [5.74, 6) is 1.92. The molecule has 1 unspecified atom stereocenters. The van der Waals surface area contributed by atoms with Crippen LogP contribution in [0.1, 0.15) is 29.8 Å². The Bertz CT molecular complexity index is 509. The number of hydrogen-bond acceptors (Lipinski definition) is 4. The highest BCUT2D eigenvalue weighted by atomic mass is 16.5. The fraction of sp³-hybridized carbons (Fsp3) is 0.417. The van der Waals surface area contributed by atoms with Gasteiger partial charge in [0.15, 0.2) is 5.82 Å². The molecule has 1 atom stereocenters. The molecule has 3 rings (SSSR count). The Kier molecular flexibility index (Phi) is 2.51. The van der Waals surface area contributed by atoms with Crippen LogP contribution in [-0.2, 0) is 12.8 Å². The lowest BCUT2D eigenvalue weighted by Gasteiger charge is -2.23.